The van der Waals surface area contributed by atoms with Crippen molar-refractivity contribution in [1.82, 2.24) is 4.90 Å². The lowest BCUT2D eigenvalue weighted by Gasteiger charge is -2.33. The number of carbonyl (C=O) groups is 1. The first-order valence-corrected chi connectivity index (χ1v) is 11.2. The van der Waals surface area contributed by atoms with E-state index in [4.69, 9.17) is 9.47 Å². The molecule has 1 unspecified atom stereocenters. The summed E-state index contributed by atoms with van der Waals surface area (Å²) in [7, 11) is 0. The van der Waals surface area contributed by atoms with E-state index < -0.39 is 0 Å². The Hall–Kier alpha value is -2.64. The molecule has 5 rings (SSSR count). The first-order chi connectivity index (χ1) is 15.1. The number of benzene rings is 2. The lowest BCUT2D eigenvalue weighted by atomic mass is 10.1. The average Bonchev–Trinajstić information content (AvgIpc) is 3.53. The van der Waals surface area contributed by atoms with Crippen LogP contribution < -0.4 is 19.3 Å². The van der Waals surface area contributed by atoms with Gasteiger partial charge in [0.05, 0.1) is 32.2 Å². The van der Waals surface area contributed by atoms with Gasteiger partial charge in [-0.25, -0.2) is 4.39 Å². The fraction of sp³-hybridized carbons (Fsp3) is 0.458. The Labute approximate surface area is 182 Å². The third kappa shape index (κ3) is 4.99. The number of amides is 1. The quantitative estimate of drug-likeness (QED) is 0.656. The molecule has 7 heteroatoms. The maximum Gasteiger partial charge on any atom is 0.278 e. The van der Waals surface area contributed by atoms with Gasteiger partial charge in [0.25, 0.3) is 5.91 Å². The fourth-order valence-electron chi connectivity index (χ4n) is 4.60. The third-order valence-corrected chi connectivity index (χ3v) is 6.59. The van der Waals surface area contributed by atoms with Gasteiger partial charge in [-0.1, -0.05) is 12.1 Å². The molecule has 6 nitrogen and oxygen atoms in total. The topological polar surface area (TPSA) is 47.7 Å². The highest BCUT2D eigenvalue weighted by Gasteiger charge is 2.36. The summed E-state index contributed by atoms with van der Waals surface area (Å²) in [5.41, 5.74) is 2.33. The molecule has 3 aliphatic rings. The normalized spacial score (nSPS) is 19.5. The molecule has 1 amide bonds. The van der Waals surface area contributed by atoms with Crippen molar-refractivity contribution < 1.29 is 28.5 Å². The zero-order valence-corrected chi connectivity index (χ0v) is 17.7. The summed E-state index contributed by atoms with van der Waals surface area (Å²) in [6, 6.07) is 13.4. The van der Waals surface area contributed by atoms with Gasteiger partial charge < -0.3 is 24.2 Å². The van der Waals surface area contributed by atoms with Gasteiger partial charge in [0.15, 0.2) is 18.0 Å². The molecule has 1 atom stereocenters. The number of quaternary nitrogens is 2. The monoisotopic (exact) mass is 427 g/mol. The Balaban J connectivity index is 1.12. The molecule has 0 radical (unpaired) electrons. The zero-order valence-electron chi connectivity index (χ0n) is 17.7. The van der Waals surface area contributed by atoms with E-state index in [0.29, 0.717) is 19.4 Å². The summed E-state index contributed by atoms with van der Waals surface area (Å²) in [5, 5.41) is 0. The maximum absolute atomic E-state index is 13.2. The smallest absolute Gasteiger partial charge is 0.278 e. The number of nitrogens with one attached hydrogen (secondary N) is 2. The van der Waals surface area contributed by atoms with Crippen molar-refractivity contribution >= 4 is 5.91 Å². The van der Waals surface area contributed by atoms with Crippen LogP contribution in [0.5, 0.6) is 11.5 Å². The molecule has 2 fully saturated rings. The van der Waals surface area contributed by atoms with Gasteiger partial charge >= 0.3 is 0 Å². The van der Waals surface area contributed by atoms with Gasteiger partial charge in [-0.2, -0.15) is 0 Å². The molecule has 2 aromatic rings. The van der Waals surface area contributed by atoms with E-state index >= 15 is 0 Å². The number of nitrogens with zero attached hydrogens (tertiary/aromatic N) is 1. The van der Waals surface area contributed by atoms with Crippen LogP contribution in [0.3, 0.4) is 0 Å². The molecule has 164 valence electrons. The molecule has 0 aromatic heterocycles. The van der Waals surface area contributed by atoms with Gasteiger partial charge in [0, 0.05) is 24.0 Å². The molecule has 31 heavy (non-hydrogen) atoms. The molecule has 2 N–H and O–H groups in total. The summed E-state index contributed by atoms with van der Waals surface area (Å²) in [6.07, 6.45) is 2.36. The minimum Gasteiger partial charge on any atom is -0.454 e. The third-order valence-electron chi connectivity index (χ3n) is 6.59. The Morgan fingerprint density at radius 2 is 1.74 bits per heavy atom. The number of hydrogen-bond donors (Lipinski definition) is 2. The van der Waals surface area contributed by atoms with Crippen LogP contribution >= 0.6 is 0 Å². The highest BCUT2D eigenvalue weighted by molar-refractivity contribution is 5.77. The number of piperazine rings is 1. The van der Waals surface area contributed by atoms with Crippen LogP contribution in [-0.4, -0.2) is 56.4 Å². The van der Waals surface area contributed by atoms with Gasteiger partial charge in [0.2, 0.25) is 6.79 Å². The molecule has 0 bridgehead atoms. The SMILES string of the molecule is O=C(C[NH+](Cc1ccc(F)cc1)C1CC1)N1CC[NH+](Cc2ccc3c(c2)OCO3)CC1. The summed E-state index contributed by atoms with van der Waals surface area (Å²) in [4.78, 5) is 17.8. The molecule has 2 aromatic carbocycles. The Morgan fingerprint density at radius 1 is 1.03 bits per heavy atom. The van der Waals surface area contributed by atoms with Crippen molar-refractivity contribution in [1.29, 1.82) is 0 Å². The van der Waals surface area contributed by atoms with Gasteiger partial charge in [0.1, 0.15) is 18.9 Å². The van der Waals surface area contributed by atoms with Gasteiger partial charge in [-0.05, 0) is 30.3 Å². The minimum atomic E-state index is -0.214. The number of rotatable bonds is 7. The van der Waals surface area contributed by atoms with Crippen molar-refractivity contribution in [2.24, 2.45) is 0 Å². The summed E-state index contributed by atoms with van der Waals surface area (Å²) in [5.74, 6) is 1.67. The van der Waals surface area contributed by atoms with Gasteiger partial charge in [-0.3, -0.25) is 4.79 Å². The number of fused-ring (bicyclic) bond motifs is 1. The predicted octanol–water partition coefficient (Wildman–Crippen LogP) is 0.0290. The molecular weight excluding hydrogens is 397 g/mol. The van der Waals surface area contributed by atoms with Crippen LogP contribution in [0.15, 0.2) is 42.5 Å². The van der Waals surface area contributed by atoms with E-state index in [-0.39, 0.29) is 11.7 Å². The van der Waals surface area contributed by atoms with E-state index in [0.717, 1.165) is 56.3 Å². The molecule has 2 heterocycles. The second-order valence-corrected chi connectivity index (χ2v) is 8.91. The first-order valence-electron chi connectivity index (χ1n) is 11.2. The summed E-state index contributed by atoms with van der Waals surface area (Å²) < 4.78 is 24.1. The molecule has 0 spiro atoms. The van der Waals surface area contributed by atoms with E-state index in [2.05, 4.69) is 12.1 Å². The highest BCUT2D eigenvalue weighted by Crippen LogP contribution is 2.32. The van der Waals surface area contributed by atoms with E-state index in [1.165, 1.54) is 40.3 Å². The molecule has 1 saturated carbocycles. The van der Waals surface area contributed by atoms with Crippen molar-refractivity contribution in [3.63, 3.8) is 0 Å². The van der Waals surface area contributed by atoms with Crippen LogP contribution in [0, 0.1) is 5.82 Å². The minimum absolute atomic E-state index is 0.214. The number of carbonyl (C=O) groups excluding carboxylic acids is 1. The van der Waals surface area contributed by atoms with Crippen molar-refractivity contribution in [2.75, 3.05) is 39.5 Å². The zero-order chi connectivity index (χ0) is 21.2. The molecule has 2 aliphatic heterocycles. The second kappa shape index (κ2) is 8.85. The van der Waals surface area contributed by atoms with Crippen molar-refractivity contribution in [2.45, 2.75) is 32.0 Å². The fourth-order valence-corrected chi connectivity index (χ4v) is 4.60. The van der Waals surface area contributed by atoms with Crippen molar-refractivity contribution in [3.8, 4) is 11.5 Å². The van der Waals surface area contributed by atoms with Crippen LogP contribution in [0.4, 0.5) is 4.39 Å². The van der Waals surface area contributed by atoms with E-state index in [9.17, 15) is 9.18 Å². The number of halogens is 1. The summed E-state index contributed by atoms with van der Waals surface area (Å²) >= 11 is 0. The number of ether oxygens (including phenoxy) is 2. The number of hydrogen-bond acceptors (Lipinski definition) is 3. The standard InChI is InChI=1S/C24H28FN3O3/c25-20-4-1-18(2-5-20)15-28(21-6-7-21)16-24(29)27-11-9-26(10-12-27)14-19-3-8-22-23(13-19)31-17-30-22/h1-5,8,13,21H,6-7,9-12,14-17H2/p+2. The van der Waals surface area contributed by atoms with E-state index in [1.54, 1.807) is 0 Å². The van der Waals surface area contributed by atoms with Crippen molar-refractivity contribution in [3.05, 3.63) is 59.4 Å². The second-order valence-electron chi connectivity index (χ2n) is 8.91. The lowest BCUT2D eigenvalue weighted by Crippen LogP contribution is -3.14. The Bertz CT molecular complexity index is 924. The van der Waals surface area contributed by atoms with Crippen LogP contribution in [0.2, 0.25) is 0 Å². The van der Waals surface area contributed by atoms with E-state index in [1.807, 2.05) is 23.1 Å². The first kappa shape index (κ1) is 20.3. The summed E-state index contributed by atoms with van der Waals surface area (Å²) in [6.45, 7) is 6.05. The Kier molecular flexibility index (Phi) is 5.78. The predicted molar refractivity (Wildman–Crippen MR) is 113 cm³/mol. The average molecular weight is 428 g/mol. The van der Waals surface area contributed by atoms with Crippen LogP contribution in [0.25, 0.3) is 0 Å². The molecule has 1 saturated heterocycles. The van der Waals surface area contributed by atoms with Crippen LogP contribution in [-0.2, 0) is 17.9 Å². The molecule has 1 aliphatic carbocycles. The lowest BCUT2D eigenvalue weighted by molar-refractivity contribution is -0.920. The van der Waals surface area contributed by atoms with Crippen LogP contribution in [0.1, 0.15) is 24.0 Å². The Morgan fingerprint density at radius 3 is 2.48 bits per heavy atom. The largest absolute Gasteiger partial charge is 0.454 e. The molecular formula is C24H30FN3O3+2. The van der Waals surface area contributed by atoms with Gasteiger partial charge in [-0.15, -0.1) is 0 Å². The maximum atomic E-state index is 13.2. The highest BCUT2D eigenvalue weighted by atomic mass is 19.1.